The Morgan fingerprint density at radius 2 is 1.96 bits per heavy atom. The maximum atomic E-state index is 12.4. The molecule has 0 saturated heterocycles. The smallest absolute Gasteiger partial charge is 0.326 e. The normalized spacial score (nSPS) is 25.7. The van der Waals surface area contributed by atoms with E-state index in [0.29, 0.717) is 25.6 Å². The number of carboxylic acids is 1. The first-order valence-corrected chi connectivity index (χ1v) is 8.54. The van der Waals surface area contributed by atoms with E-state index in [1.165, 1.54) is 0 Å². The lowest BCUT2D eigenvalue weighted by Crippen LogP contribution is -2.42. The maximum absolute atomic E-state index is 12.4. The molecule has 6 nitrogen and oxygen atoms in total. The van der Waals surface area contributed by atoms with E-state index in [9.17, 15) is 14.7 Å². The number of ether oxygens (including phenoxy) is 2. The molecule has 24 heavy (non-hydrogen) atoms. The highest BCUT2D eigenvalue weighted by molar-refractivity contribution is 5.87. The second kappa shape index (κ2) is 6.00. The van der Waals surface area contributed by atoms with Gasteiger partial charge in [0, 0.05) is 5.92 Å². The van der Waals surface area contributed by atoms with Gasteiger partial charge in [0.15, 0.2) is 11.5 Å². The van der Waals surface area contributed by atoms with Gasteiger partial charge >= 0.3 is 5.97 Å². The Labute approximate surface area is 140 Å². The van der Waals surface area contributed by atoms with E-state index in [4.69, 9.17) is 9.47 Å². The summed E-state index contributed by atoms with van der Waals surface area (Å²) < 4.78 is 11.1. The van der Waals surface area contributed by atoms with E-state index in [1.54, 1.807) is 0 Å². The average molecular weight is 331 g/mol. The molecule has 3 atom stereocenters. The number of amides is 1. The fourth-order valence-corrected chi connectivity index (χ4v) is 3.33. The zero-order valence-electron chi connectivity index (χ0n) is 13.4. The molecule has 1 aromatic carbocycles. The summed E-state index contributed by atoms with van der Waals surface area (Å²) in [7, 11) is 0. The Kier molecular flexibility index (Phi) is 3.82. The summed E-state index contributed by atoms with van der Waals surface area (Å²) in [6, 6.07) is 5.02. The monoisotopic (exact) mass is 331 g/mol. The van der Waals surface area contributed by atoms with E-state index >= 15 is 0 Å². The molecule has 1 aromatic rings. The number of carbonyl (C=O) groups excluding carboxylic acids is 1. The number of rotatable bonds is 6. The molecule has 2 N–H and O–H groups in total. The van der Waals surface area contributed by atoms with Crippen molar-refractivity contribution in [3.05, 3.63) is 23.8 Å². The minimum absolute atomic E-state index is 0.135. The fraction of sp³-hybridized carbons (Fsp3) is 0.556. The van der Waals surface area contributed by atoms with Crippen LogP contribution in [0.25, 0.3) is 0 Å². The summed E-state index contributed by atoms with van der Waals surface area (Å²) in [6.45, 7) is 1.09. The minimum Gasteiger partial charge on any atom is -0.486 e. The van der Waals surface area contributed by atoms with Crippen molar-refractivity contribution >= 4 is 11.9 Å². The molecule has 4 rings (SSSR count). The van der Waals surface area contributed by atoms with Crippen LogP contribution in [-0.2, 0) is 9.59 Å². The van der Waals surface area contributed by atoms with Gasteiger partial charge < -0.3 is 19.9 Å². The average Bonchev–Trinajstić information content (AvgIpc) is 3.47. The number of hydrogen-bond acceptors (Lipinski definition) is 4. The molecule has 128 valence electrons. The zero-order chi connectivity index (χ0) is 16.7. The summed E-state index contributed by atoms with van der Waals surface area (Å²) >= 11 is 0. The second-order valence-electron chi connectivity index (χ2n) is 6.93. The zero-order valence-corrected chi connectivity index (χ0v) is 13.4. The Morgan fingerprint density at radius 1 is 1.21 bits per heavy atom. The van der Waals surface area contributed by atoms with E-state index in [0.717, 1.165) is 36.3 Å². The van der Waals surface area contributed by atoms with Gasteiger partial charge in [0.25, 0.3) is 0 Å². The Balaban J connectivity index is 1.38. The van der Waals surface area contributed by atoms with Crippen molar-refractivity contribution < 1.29 is 24.2 Å². The van der Waals surface area contributed by atoms with Gasteiger partial charge in [-0.2, -0.15) is 0 Å². The van der Waals surface area contributed by atoms with E-state index < -0.39 is 12.0 Å². The summed E-state index contributed by atoms with van der Waals surface area (Å²) in [5, 5.41) is 12.0. The summed E-state index contributed by atoms with van der Waals surface area (Å²) in [5.74, 6) is 0.822. The fourth-order valence-electron chi connectivity index (χ4n) is 3.33. The number of fused-ring (bicyclic) bond motifs is 1. The molecule has 3 aliphatic rings. The topological polar surface area (TPSA) is 84.9 Å². The predicted octanol–water partition coefficient (Wildman–Crippen LogP) is 1.93. The third-order valence-corrected chi connectivity index (χ3v) is 5.00. The number of nitrogens with one attached hydrogen (secondary N) is 1. The molecular formula is C18H21NO5. The third-order valence-electron chi connectivity index (χ3n) is 5.00. The molecule has 0 radical (unpaired) electrons. The quantitative estimate of drug-likeness (QED) is 0.832. The van der Waals surface area contributed by atoms with Crippen molar-refractivity contribution in [1.29, 1.82) is 0 Å². The molecule has 1 heterocycles. The second-order valence-corrected chi connectivity index (χ2v) is 6.93. The third kappa shape index (κ3) is 3.18. The van der Waals surface area contributed by atoms with Crippen LogP contribution in [-0.4, -0.2) is 36.2 Å². The van der Waals surface area contributed by atoms with Crippen LogP contribution >= 0.6 is 0 Å². The van der Waals surface area contributed by atoms with Gasteiger partial charge in [-0.25, -0.2) is 4.79 Å². The lowest BCUT2D eigenvalue weighted by Gasteiger charge is -2.19. The van der Waals surface area contributed by atoms with Gasteiger partial charge in [0.1, 0.15) is 19.3 Å². The Bertz CT molecular complexity index is 669. The minimum atomic E-state index is -0.938. The van der Waals surface area contributed by atoms with Crippen molar-refractivity contribution in [2.75, 3.05) is 13.2 Å². The largest absolute Gasteiger partial charge is 0.486 e. The van der Waals surface area contributed by atoms with Crippen molar-refractivity contribution in [2.45, 2.75) is 37.6 Å². The van der Waals surface area contributed by atoms with Crippen molar-refractivity contribution in [3.8, 4) is 11.5 Å². The number of carboxylic acid groups (broad SMARTS) is 1. The first-order valence-electron chi connectivity index (χ1n) is 8.54. The van der Waals surface area contributed by atoms with Crippen molar-refractivity contribution in [3.63, 3.8) is 0 Å². The van der Waals surface area contributed by atoms with Gasteiger partial charge in [0.2, 0.25) is 5.91 Å². The van der Waals surface area contributed by atoms with Crippen LogP contribution in [0.1, 0.15) is 37.2 Å². The maximum Gasteiger partial charge on any atom is 0.326 e. The molecule has 2 saturated carbocycles. The van der Waals surface area contributed by atoms with Gasteiger partial charge in [-0.3, -0.25) is 4.79 Å². The molecule has 1 amide bonds. The van der Waals surface area contributed by atoms with E-state index in [-0.39, 0.29) is 17.7 Å². The molecule has 0 spiro atoms. The SMILES string of the molecule is O=C(O)C(CC1CC1)NC(=O)C1CC1c1ccc2c(c1)OCCO2. The van der Waals surface area contributed by atoms with Gasteiger partial charge in [-0.1, -0.05) is 18.9 Å². The van der Waals surface area contributed by atoms with E-state index in [1.807, 2.05) is 18.2 Å². The molecule has 2 aliphatic carbocycles. The van der Waals surface area contributed by atoms with Crippen LogP contribution in [0.4, 0.5) is 0 Å². The number of aliphatic carboxylic acids is 1. The van der Waals surface area contributed by atoms with Crippen LogP contribution in [0.3, 0.4) is 0 Å². The highest BCUT2D eigenvalue weighted by Gasteiger charge is 2.45. The van der Waals surface area contributed by atoms with Crippen LogP contribution in [0.5, 0.6) is 11.5 Å². The molecular weight excluding hydrogens is 310 g/mol. The highest BCUT2D eigenvalue weighted by atomic mass is 16.6. The number of benzene rings is 1. The summed E-state index contributed by atoms with van der Waals surface area (Å²) in [5.41, 5.74) is 1.05. The standard InChI is InChI=1S/C18H21NO5/c20-17(19-14(18(21)22)7-10-1-2-10)13-9-12(13)11-3-4-15-16(8-11)24-6-5-23-15/h3-4,8,10,12-14H,1-2,5-7,9H2,(H,19,20)(H,21,22). The van der Waals surface area contributed by atoms with Crippen molar-refractivity contribution in [2.24, 2.45) is 11.8 Å². The van der Waals surface area contributed by atoms with Gasteiger partial charge in [0.05, 0.1) is 0 Å². The Morgan fingerprint density at radius 3 is 2.67 bits per heavy atom. The molecule has 1 aliphatic heterocycles. The summed E-state index contributed by atoms with van der Waals surface area (Å²) in [4.78, 5) is 23.7. The number of carbonyl (C=O) groups is 2. The van der Waals surface area contributed by atoms with Crippen LogP contribution in [0, 0.1) is 11.8 Å². The summed E-state index contributed by atoms with van der Waals surface area (Å²) in [6.07, 6.45) is 3.44. The predicted molar refractivity (Wildman–Crippen MR) is 85.2 cm³/mol. The van der Waals surface area contributed by atoms with Crippen LogP contribution < -0.4 is 14.8 Å². The first kappa shape index (κ1) is 15.3. The first-order chi connectivity index (χ1) is 11.6. The van der Waals surface area contributed by atoms with Crippen LogP contribution in [0.15, 0.2) is 18.2 Å². The van der Waals surface area contributed by atoms with Gasteiger partial charge in [-0.15, -0.1) is 0 Å². The molecule has 6 heteroatoms. The number of hydrogen-bond donors (Lipinski definition) is 2. The Hall–Kier alpha value is -2.24. The molecule has 0 aromatic heterocycles. The molecule has 3 unspecified atom stereocenters. The highest BCUT2D eigenvalue weighted by Crippen LogP contribution is 2.49. The lowest BCUT2D eigenvalue weighted by atomic mass is 10.1. The van der Waals surface area contributed by atoms with Crippen molar-refractivity contribution in [1.82, 2.24) is 5.32 Å². The van der Waals surface area contributed by atoms with Gasteiger partial charge in [-0.05, 0) is 42.4 Å². The molecule has 0 bridgehead atoms. The lowest BCUT2D eigenvalue weighted by molar-refractivity contribution is -0.142. The molecule has 2 fully saturated rings. The van der Waals surface area contributed by atoms with Crippen LogP contribution in [0.2, 0.25) is 0 Å². The van der Waals surface area contributed by atoms with E-state index in [2.05, 4.69) is 5.32 Å².